The zero-order chi connectivity index (χ0) is 21.3. The highest BCUT2D eigenvalue weighted by molar-refractivity contribution is 7.83. The van der Waals surface area contributed by atoms with Gasteiger partial charge in [-0.15, -0.1) is 0 Å². The largest absolute Gasteiger partial charge is 0.497 e. The number of carbonyl (C=O) groups is 1. The zero-order valence-corrected chi connectivity index (χ0v) is 17.6. The summed E-state index contributed by atoms with van der Waals surface area (Å²) >= 11 is 0. The monoisotopic (exact) mass is 427 g/mol. The molecule has 4 rings (SSSR count). The molecule has 0 saturated heterocycles. The van der Waals surface area contributed by atoms with Gasteiger partial charge in [-0.05, 0) is 42.5 Å². The summed E-state index contributed by atoms with van der Waals surface area (Å²) in [5, 5.41) is 7.54. The molecule has 0 aliphatic carbocycles. The predicted octanol–water partition coefficient (Wildman–Crippen LogP) is 2.91. The van der Waals surface area contributed by atoms with Crippen LogP contribution in [0.2, 0.25) is 0 Å². The maximum absolute atomic E-state index is 13.0. The molecule has 0 fully saturated rings. The molecule has 0 radical (unpaired) electrons. The van der Waals surface area contributed by atoms with E-state index in [1.54, 1.807) is 30.0 Å². The van der Waals surface area contributed by atoms with Crippen molar-refractivity contribution < 1.29 is 23.2 Å². The van der Waals surface area contributed by atoms with Gasteiger partial charge in [-0.2, -0.15) is 5.10 Å². The second-order valence-electron chi connectivity index (χ2n) is 6.64. The van der Waals surface area contributed by atoms with Crippen molar-refractivity contribution in [2.45, 2.75) is 11.5 Å². The number of nitrogens with zero attached hydrogens (tertiary/aromatic N) is 2. The molecule has 9 heteroatoms. The number of benzene rings is 2. The van der Waals surface area contributed by atoms with Gasteiger partial charge in [0.2, 0.25) is 0 Å². The van der Waals surface area contributed by atoms with Crippen LogP contribution in [0.4, 0.5) is 5.82 Å². The van der Waals surface area contributed by atoms with Gasteiger partial charge in [0.05, 0.1) is 44.2 Å². The van der Waals surface area contributed by atoms with E-state index in [2.05, 4.69) is 10.4 Å². The third-order valence-electron chi connectivity index (χ3n) is 4.86. The fraction of sp³-hybridized carbons (Fsp3) is 0.238. The lowest BCUT2D eigenvalue weighted by Gasteiger charge is -2.13. The molecule has 1 atom stereocenters. The van der Waals surface area contributed by atoms with E-state index in [1.807, 2.05) is 24.3 Å². The molecule has 1 amide bonds. The topological polar surface area (TPSA) is 91.7 Å². The summed E-state index contributed by atoms with van der Waals surface area (Å²) in [7, 11) is 3.63. The molecular formula is C21H21N3O5S. The Morgan fingerprint density at radius 2 is 1.73 bits per heavy atom. The Balaban J connectivity index is 1.71. The Bertz CT molecular complexity index is 1120. The minimum Gasteiger partial charge on any atom is -0.497 e. The summed E-state index contributed by atoms with van der Waals surface area (Å²) in [6.07, 6.45) is 0. The summed E-state index contributed by atoms with van der Waals surface area (Å²) in [4.78, 5) is 13.0. The molecule has 3 aromatic rings. The van der Waals surface area contributed by atoms with Crippen molar-refractivity contribution in [1.29, 1.82) is 0 Å². The number of fused-ring (bicyclic) bond motifs is 1. The highest BCUT2D eigenvalue weighted by Gasteiger charge is 2.28. The van der Waals surface area contributed by atoms with E-state index in [1.165, 1.54) is 14.2 Å². The van der Waals surface area contributed by atoms with Crippen molar-refractivity contribution in [3.8, 4) is 22.9 Å². The van der Waals surface area contributed by atoms with Crippen molar-refractivity contribution >= 4 is 22.5 Å². The highest BCUT2D eigenvalue weighted by atomic mass is 32.2. The standard InChI is InChI=1S/C21H21N3O5S/c1-27-15-7-5-14(6-8-15)24-20(16-11-30(26)12-17(16)23-24)22-21(25)13-4-9-18(28-2)19(10-13)29-3/h4-10H,11-12H2,1-3H3,(H,22,25)/t30-/m0/s1. The van der Waals surface area contributed by atoms with Crippen molar-refractivity contribution in [3.05, 3.63) is 59.3 Å². The zero-order valence-electron chi connectivity index (χ0n) is 16.8. The molecule has 0 spiro atoms. The number of amides is 1. The maximum Gasteiger partial charge on any atom is 0.256 e. The fourth-order valence-electron chi connectivity index (χ4n) is 3.32. The van der Waals surface area contributed by atoms with Gasteiger partial charge in [0.25, 0.3) is 5.91 Å². The summed E-state index contributed by atoms with van der Waals surface area (Å²) in [5.74, 6) is 2.63. The summed E-state index contributed by atoms with van der Waals surface area (Å²) in [6, 6.07) is 12.3. The average Bonchev–Trinajstić information content (AvgIpc) is 3.29. The minimum atomic E-state index is -1.02. The lowest BCUT2D eigenvalue weighted by atomic mass is 10.2. The number of ether oxygens (including phenoxy) is 3. The first-order valence-corrected chi connectivity index (χ1v) is 10.7. The average molecular weight is 427 g/mol. The van der Waals surface area contributed by atoms with Crippen LogP contribution < -0.4 is 19.5 Å². The van der Waals surface area contributed by atoms with Gasteiger partial charge >= 0.3 is 0 Å². The predicted molar refractivity (Wildman–Crippen MR) is 113 cm³/mol. The first-order valence-electron chi connectivity index (χ1n) is 9.17. The molecule has 0 unspecified atom stereocenters. The lowest BCUT2D eigenvalue weighted by molar-refractivity contribution is 0.102. The van der Waals surface area contributed by atoms with Crippen LogP contribution in [0, 0.1) is 0 Å². The number of hydrogen-bond acceptors (Lipinski definition) is 6. The third-order valence-corrected chi connectivity index (χ3v) is 6.07. The van der Waals surface area contributed by atoms with Gasteiger partial charge in [-0.1, -0.05) is 0 Å². The van der Waals surface area contributed by atoms with Crippen LogP contribution in [-0.4, -0.2) is 41.2 Å². The number of anilines is 1. The molecule has 2 aromatic carbocycles. The number of aromatic nitrogens is 2. The molecule has 1 aliphatic rings. The Morgan fingerprint density at radius 1 is 1.00 bits per heavy atom. The third kappa shape index (κ3) is 3.63. The SMILES string of the molecule is COc1ccc(-n2nc3c(c2NC(=O)c2ccc(OC)c(OC)c2)C[S@](=O)C3)cc1. The Morgan fingerprint density at radius 3 is 2.40 bits per heavy atom. The number of nitrogens with one attached hydrogen (secondary N) is 1. The van der Waals surface area contributed by atoms with Crippen LogP contribution >= 0.6 is 0 Å². The van der Waals surface area contributed by atoms with E-state index in [0.29, 0.717) is 34.4 Å². The normalized spacial score (nSPS) is 14.8. The quantitative estimate of drug-likeness (QED) is 0.650. The van der Waals surface area contributed by atoms with Crippen LogP contribution in [0.25, 0.3) is 5.69 Å². The molecule has 1 aliphatic heterocycles. The molecular weight excluding hydrogens is 406 g/mol. The summed E-state index contributed by atoms with van der Waals surface area (Å²) in [5.41, 5.74) is 2.69. The van der Waals surface area contributed by atoms with E-state index in [0.717, 1.165) is 22.7 Å². The molecule has 156 valence electrons. The first-order chi connectivity index (χ1) is 14.5. The Hall–Kier alpha value is -3.33. The maximum atomic E-state index is 13.0. The van der Waals surface area contributed by atoms with Gasteiger partial charge in [0, 0.05) is 21.9 Å². The van der Waals surface area contributed by atoms with Crippen molar-refractivity contribution in [1.82, 2.24) is 9.78 Å². The fourth-order valence-corrected chi connectivity index (χ4v) is 4.59. The van der Waals surface area contributed by atoms with Crippen LogP contribution in [-0.2, 0) is 22.3 Å². The molecule has 2 heterocycles. The summed E-state index contributed by atoms with van der Waals surface area (Å²) < 4.78 is 29.5. The molecule has 30 heavy (non-hydrogen) atoms. The van der Waals surface area contributed by atoms with Crippen molar-refractivity contribution in [2.24, 2.45) is 0 Å². The van der Waals surface area contributed by atoms with Gasteiger partial charge in [0.1, 0.15) is 11.6 Å². The molecule has 1 aromatic heterocycles. The minimum absolute atomic E-state index is 0.328. The number of hydrogen-bond donors (Lipinski definition) is 1. The van der Waals surface area contributed by atoms with E-state index in [9.17, 15) is 9.00 Å². The van der Waals surface area contributed by atoms with E-state index in [4.69, 9.17) is 14.2 Å². The van der Waals surface area contributed by atoms with Gasteiger partial charge in [0.15, 0.2) is 11.5 Å². The van der Waals surface area contributed by atoms with Gasteiger partial charge < -0.3 is 19.5 Å². The molecule has 1 N–H and O–H groups in total. The Labute approximate surface area is 176 Å². The van der Waals surface area contributed by atoms with Gasteiger partial charge in [-0.3, -0.25) is 9.00 Å². The number of methoxy groups -OCH3 is 3. The van der Waals surface area contributed by atoms with E-state index >= 15 is 0 Å². The lowest BCUT2D eigenvalue weighted by Crippen LogP contribution is -2.16. The summed E-state index contributed by atoms with van der Waals surface area (Å²) in [6.45, 7) is 0. The smallest absolute Gasteiger partial charge is 0.256 e. The van der Waals surface area contributed by atoms with E-state index < -0.39 is 10.8 Å². The van der Waals surface area contributed by atoms with Gasteiger partial charge in [-0.25, -0.2) is 4.68 Å². The molecule has 8 nitrogen and oxygen atoms in total. The number of rotatable bonds is 6. The van der Waals surface area contributed by atoms with E-state index in [-0.39, 0.29) is 5.91 Å². The first kappa shape index (κ1) is 20.0. The second kappa shape index (κ2) is 8.19. The van der Waals surface area contributed by atoms with Crippen LogP contribution in [0.5, 0.6) is 17.2 Å². The van der Waals surface area contributed by atoms with Crippen LogP contribution in [0.1, 0.15) is 21.6 Å². The molecule has 0 saturated carbocycles. The highest BCUT2D eigenvalue weighted by Crippen LogP contribution is 2.33. The second-order valence-corrected chi connectivity index (χ2v) is 8.09. The van der Waals surface area contributed by atoms with Crippen LogP contribution in [0.15, 0.2) is 42.5 Å². The molecule has 0 bridgehead atoms. The van der Waals surface area contributed by atoms with Crippen LogP contribution in [0.3, 0.4) is 0 Å². The van der Waals surface area contributed by atoms with Crippen molar-refractivity contribution in [2.75, 3.05) is 26.6 Å². The number of carbonyl (C=O) groups excluding carboxylic acids is 1. The Kier molecular flexibility index (Phi) is 5.45. The van der Waals surface area contributed by atoms with Crippen molar-refractivity contribution in [3.63, 3.8) is 0 Å².